The molecule has 0 fully saturated rings. The van der Waals surface area contributed by atoms with Crippen molar-refractivity contribution in [3.63, 3.8) is 0 Å². The van der Waals surface area contributed by atoms with Crippen LogP contribution in [0.5, 0.6) is 0 Å². The summed E-state index contributed by atoms with van der Waals surface area (Å²) in [5.74, 6) is -0.942. The van der Waals surface area contributed by atoms with Gasteiger partial charge in [-0.05, 0) is 31.0 Å². The fourth-order valence-corrected chi connectivity index (χ4v) is 3.20. The first-order chi connectivity index (χ1) is 9.69. The standard InChI is InChI=1S/C13H21N3O4S/c1-4-16(21(19,20)15-8-9(2)3)12-6-5-10(13(17)18)7-11(12)14/h5-7,9,15H,4,8,14H2,1-3H3,(H,17,18). The summed E-state index contributed by atoms with van der Waals surface area (Å²) in [6.07, 6.45) is 0. The summed E-state index contributed by atoms with van der Waals surface area (Å²) in [4.78, 5) is 10.9. The molecule has 0 aliphatic carbocycles. The highest BCUT2D eigenvalue weighted by Gasteiger charge is 2.23. The number of aromatic carboxylic acids is 1. The lowest BCUT2D eigenvalue weighted by Gasteiger charge is -2.25. The number of nitrogens with two attached hydrogens (primary N) is 1. The van der Waals surface area contributed by atoms with E-state index >= 15 is 0 Å². The van der Waals surface area contributed by atoms with Crippen LogP contribution in [0.4, 0.5) is 11.4 Å². The third kappa shape index (κ3) is 4.33. The Bertz CT molecular complexity index is 614. The summed E-state index contributed by atoms with van der Waals surface area (Å²) in [6.45, 7) is 5.97. The molecule has 0 aromatic heterocycles. The lowest BCUT2D eigenvalue weighted by atomic mass is 10.2. The average Bonchev–Trinajstić information content (AvgIpc) is 2.38. The van der Waals surface area contributed by atoms with Gasteiger partial charge in [0.25, 0.3) is 0 Å². The highest BCUT2D eigenvalue weighted by Crippen LogP contribution is 2.26. The Labute approximate surface area is 124 Å². The van der Waals surface area contributed by atoms with Crippen molar-refractivity contribution in [1.82, 2.24) is 4.72 Å². The zero-order chi connectivity index (χ0) is 16.2. The number of carboxylic acids is 1. The number of anilines is 2. The van der Waals surface area contributed by atoms with E-state index in [1.54, 1.807) is 6.92 Å². The Kier molecular flexibility index (Phi) is 5.56. The number of nitrogen functional groups attached to an aromatic ring is 1. The molecular formula is C13H21N3O4S. The molecule has 0 aliphatic heterocycles. The van der Waals surface area contributed by atoms with Crippen LogP contribution >= 0.6 is 0 Å². The molecule has 0 saturated heterocycles. The van der Waals surface area contributed by atoms with E-state index in [2.05, 4.69) is 4.72 Å². The molecule has 0 aliphatic rings. The van der Waals surface area contributed by atoms with Crippen LogP contribution in [0.3, 0.4) is 0 Å². The number of nitrogens with one attached hydrogen (secondary N) is 1. The maximum absolute atomic E-state index is 12.3. The molecule has 4 N–H and O–H groups in total. The van der Waals surface area contributed by atoms with Gasteiger partial charge in [0.1, 0.15) is 0 Å². The molecule has 0 amide bonds. The number of carbonyl (C=O) groups is 1. The van der Waals surface area contributed by atoms with E-state index in [1.807, 2.05) is 13.8 Å². The molecule has 0 saturated carbocycles. The largest absolute Gasteiger partial charge is 0.478 e. The molecule has 1 aromatic rings. The molecule has 1 aromatic carbocycles. The quantitative estimate of drug-likeness (QED) is 0.656. The van der Waals surface area contributed by atoms with Crippen molar-refractivity contribution >= 4 is 27.6 Å². The number of carboxylic acid groups (broad SMARTS) is 1. The van der Waals surface area contributed by atoms with Gasteiger partial charge < -0.3 is 10.8 Å². The van der Waals surface area contributed by atoms with Gasteiger partial charge in [-0.2, -0.15) is 13.1 Å². The second kappa shape index (κ2) is 6.77. The molecule has 21 heavy (non-hydrogen) atoms. The van der Waals surface area contributed by atoms with Crippen LogP contribution in [0.1, 0.15) is 31.1 Å². The van der Waals surface area contributed by atoms with Crippen molar-refractivity contribution in [1.29, 1.82) is 0 Å². The van der Waals surface area contributed by atoms with Crippen LogP contribution in [0.2, 0.25) is 0 Å². The second-order valence-corrected chi connectivity index (χ2v) is 6.67. The normalized spacial score (nSPS) is 11.6. The van der Waals surface area contributed by atoms with Crippen molar-refractivity contribution in [3.05, 3.63) is 23.8 Å². The second-order valence-electron chi connectivity index (χ2n) is 4.99. The summed E-state index contributed by atoms with van der Waals surface area (Å²) in [5.41, 5.74) is 6.17. The fraction of sp³-hybridized carbons (Fsp3) is 0.462. The summed E-state index contributed by atoms with van der Waals surface area (Å²) in [7, 11) is -3.72. The zero-order valence-electron chi connectivity index (χ0n) is 12.3. The summed E-state index contributed by atoms with van der Waals surface area (Å²) < 4.78 is 28.2. The van der Waals surface area contributed by atoms with Crippen LogP contribution in [-0.2, 0) is 10.2 Å². The molecule has 0 radical (unpaired) electrons. The van der Waals surface area contributed by atoms with E-state index in [-0.39, 0.29) is 29.4 Å². The summed E-state index contributed by atoms with van der Waals surface area (Å²) >= 11 is 0. The average molecular weight is 315 g/mol. The van der Waals surface area contributed by atoms with E-state index in [4.69, 9.17) is 10.8 Å². The van der Waals surface area contributed by atoms with Gasteiger partial charge in [0.05, 0.1) is 16.9 Å². The third-order valence-electron chi connectivity index (χ3n) is 2.79. The van der Waals surface area contributed by atoms with E-state index in [9.17, 15) is 13.2 Å². The van der Waals surface area contributed by atoms with Crippen LogP contribution in [0, 0.1) is 5.92 Å². The molecule has 7 nitrogen and oxygen atoms in total. The lowest BCUT2D eigenvalue weighted by molar-refractivity contribution is 0.0697. The number of nitrogens with zero attached hydrogens (tertiary/aromatic N) is 1. The monoisotopic (exact) mass is 315 g/mol. The first-order valence-corrected chi connectivity index (χ1v) is 8.03. The van der Waals surface area contributed by atoms with E-state index in [0.717, 1.165) is 4.31 Å². The Balaban J connectivity index is 3.13. The highest BCUT2D eigenvalue weighted by atomic mass is 32.2. The minimum absolute atomic E-state index is 0.0137. The topological polar surface area (TPSA) is 113 Å². The van der Waals surface area contributed by atoms with Crippen molar-refractivity contribution in [2.45, 2.75) is 20.8 Å². The molecule has 0 bridgehead atoms. The van der Waals surface area contributed by atoms with Crippen LogP contribution in [0.25, 0.3) is 0 Å². The Hall–Kier alpha value is -1.80. The highest BCUT2D eigenvalue weighted by molar-refractivity contribution is 7.90. The summed E-state index contributed by atoms with van der Waals surface area (Å²) in [6, 6.07) is 3.98. The van der Waals surface area contributed by atoms with E-state index < -0.39 is 16.2 Å². The van der Waals surface area contributed by atoms with Gasteiger partial charge in [-0.1, -0.05) is 13.8 Å². The van der Waals surface area contributed by atoms with Gasteiger partial charge in [0, 0.05) is 13.1 Å². The number of rotatable bonds is 7. The maximum atomic E-state index is 12.3. The van der Waals surface area contributed by atoms with E-state index in [0.29, 0.717) is 6.54 Å². The Morgan fingerprint density at radius 1 is 1.43 bits per heavy atom. The Morgan fingerprint density at radius 2 is 2.05 bits per heavy atom. The predicted molar refractivity (Wildman–Crippen MR) is 82.6 cm³/mol. The summed E-state index contributed by atoms with van der Waals surface area (Å²) in [5, 5.41) is 8.90. The first kappa shape index (κ1) is 17.3. The van der Waals surface area contributed by atoms with Gasteiger partial charge in [0.15, 0.2) is 0 Å². The van der Waals surface area contributed by atoms with Crippen LogP contribution < -0.4 is 14.8 Å². The molecule has 0 heterocycles. The van der Waals surface area contributed by atoms with Gasteiger partial charge in [0.2, 0.25) is 0 Å². The number of hydrogen-bond acceptors (Lipinski definition) is 4. The van der Waals surface area contributed by atoms with Gasteiger partial charge in [-0.3, -0.25) is 4.31 Å². The SMILES string of the molecule is CCN(c1ccc(C(=O)O)cc1N)S(=O)(=O)NCC(C)C. The first-order valence-electron chi connectivity index (χ1n) is 6.59. The zero-order valence-corrected chi connectivity index (χ0v) is 13.1. The lowest BCUT2D eigenvalue weighted by Crippen LogP contribution is -2.42. The molecular weight excluding hydrogens is 294 g/mol. The smallest absolute Gasteiger partial charge is 0.335 e. The predicted octanol–water partition coefficient (Wildman–Crippen LogP) is 1.28. The number of hydrogen-bond donors (Lipinski definition) is 3. The van der Waals surface area contributed by atoms with Gasteiger partial charge in [-0.25, -0.2) is 4.79 Å². The number of benzene rings is 1. The van der Waals surface area contributed by atoms with Crippen molar-refractivity contribution < 1.29 is 18.3 Å². The molecule has 0 unspecified atom stereocenters. The van der Waals surface area contributed by atoms with Crippen molar-refractivity contribution in [2.75, 3.05) is 23.1 Å². The molecule has 8 heteroatoms. The maximum Gasteiger partial charge on any atom is 0.335 e. The molecule has 118 valence electrons. The Morgan fingerprint density at radius 3 is 2.48 bits per heavy atom. The van der Waals surface area contributed by atoms with E-state index in [1.165, 1.54) is 18.2 Å². The fourth-order valence-electron chi connectivity index (χ4n) is 1.73. The minimum Gasteiger partial charge on any atom is -0.478 e. The van der Waals surface area contributed by atoms with Gasteiger partial charge in [-0.15, -0.1) is 0 Å². The van der Waals surface area contributed by atoms with Gasteiger partial charge >= 0.3 is 16.2 Å². The van der Waals surface area contributed by atoms with Crippen molar-refractivity contribution in [2.24, 2.45) is 5.92 Å². The minimum atomic E-state index is -3.72. The third-order valence-corrected chi connectivity index (χ3v) is 4.36. The van der Waals surface area contributed by atoms with Crippen molar-refractivity contribution in [3.8, 4) is 0 Å². The molecule has 0 atom stereocenters. The van der Waals surface area contributed by atoms with Crippen LogP contribution in [-0.4, -0.2) is 32.6 Å². The molecule has 1 rings (SSSR count). The van der Waals surface area contributed by atoms with Crippen LogP contribution in [0.15, 0.2) is 18.2 Å². The molecule has 0 spiro atoms.